The van der Waals surface area contributed by atoms with Gasteiger partial charge in [0.1, 0.15) is 13.2 Å². The van der Waals surface area contributed by atoms with Gasteiger partial charge in [0.2, 0.25) is 0 Å². The number of hydrogen-bond donors (Lipinski definition) is 1. The quantitative estimate of drug-likeness (QED) is 0.590. The largest absolute Gasteiger partial charge is 0.481 e. The van der Waals surface area contributed by atoms with Crippen LogP contribution < -0.4 is 0 Å². The first-order valence-corrected chi connectivity index (χ1v) is 7.48. The Morgan fingerprint density at radius 3 is 2.19 bits per heavy atom. The number of carbonyl (C=O) groups is 3. The lowest BCUT2D eigenvalue weighted by molar-refractivity contribution is -0.163. The van der Waals surface area contributed by atoms with Gasteiger partial charge >= 0.3 is 17.9 Å². The Hall–Kier alpha value is -1.59. The molecule has 4 unspecified atom stereocenters. The van der Waals surface area contributed by atoms with Gasteiger partial charge in [-0.2, -0.15) is 0 Å². The third-order valence-corrected chi connectivity index (χ3v) is 4.52. The fourth-order valence-corrected chi connectivity index (χ4v) is 3.53. The molecule has 2 bridgehead atoms. The fourth-order valence-electron chi connectivity index (χ4n) is 3.53. The van der Waals surface area contributed by atoms with E-state index in [4.69, 9.17) is 9.47 Å². The van der Waals surface area contributed by atoms with Crippen molar-refractivity contribution in [1.82, 2.24) is 0 Å². The molecule has 0 spiro atoms. The second kappa shape index (κ2) is 6.45. The molecule has 2 saturated carbocycles. The summed E-state index contributed by atoms with van der Waals surface area (Å²) in [5, 5.41) is 9.28. The summed E-state index contributed by atoms with van der Waals surface area (Å²) in [6.07, 6.45) is 2.59. The molecule has 2 fully saturated rings. The summed E-state index contributed by atoms with van der Waals surface area (Å²) in [5.41, 5.74) is 0. The van der Waals surface area contributed by atoms with E-state index in [1.165, 1.54) is 0 Å². The molecule has 6 heteroatoms. The highest BCUT2D eigenvalue weighted by Crippen LogP contribution is 2.52. The van der Waals surface area contributed by atoms with Crippen LogP contribution >= 0.6 is 0 Å². The zero-order valence-electron chi connectivity index (χ0n) is 12.4. The summed E-state index contributed by atoms with van der Waals surface area (Å²) < 4.78 is 10.0. The van der Waals surface area contributed by atoms with Crippen molar-refractivity contribution < 1.29 is 29.0 Å². The highest BCUT2D eigenvalue weighted by Gasteiger charge is 2.54. The summed E-state index contributed by atoms with van der Waals surface area (Å²) in [6, 6.07) is 0. The van der Waals surface area contributed by atoms with Gasteiger partial charge in [-0.05, 0) is 31.1 Å². The van der Waals surface area contributed by atoms with Gasteiger partial charge in [0, 0.05) is 0 Å². The number of hydrogen-bond acceptors (Lipinski definition) is 5. The Kier molecular flexibility index (Phi) is 4.85. The predicted octanol–water partition coefficient (Wildman–Crippen LogP) is 1.48. The lowest BCUT2D eigenvalue weighted by Gasteiger charge is -2.26. The standard InChI is InChI=1S/C15H22O6/c1-8(2)14(18)20-5-6-21-15(19)12-10-4-3-9(7-10)11(12)13(16)17/h8-12H,3-7H2,1-2H3,(H,16,17). The van der Waals surface area contributed by atoms with E-state index < -0.39 is 23.8 Å². The van der Waals surface area contributed by atoms with E-state index >= 15 is 0 Å². The van der Waals surface area contributed by atoms with Crippen molar-refractivity contribution in [3.8, 4) is 0 Å². The molecule has 0 aromatic rings. The van der Waals surface area contributed by atoms with Crippen molar-refractivity contribution in [1.29, 1.82) is 0 Å². The highest BCUT2D eigenvalue weighted by atomic mass is 16.6. The molecule has 1 N–H and O–H groups in total. The van der Waals surface area contributed by atoms with Crippen molar-refractivity contribution in [2.45, 2.75) is 33.1 Å². The molecule has 0 aliphatic heterocycles. The van der Waals surface area contributed by atoms with Gasteiger partial charge in [0.05, 0.1) is 17.8 Å². The summed E-state index contributed by atoms with van der Waals surface area (Å²) in [4.78, 5) is 34.7. The van der Waals surface area contributed by atoms with Gasteiger partial charge in [-0.15, -0.1) is 0 Å². The first-order chi connectivity index (χ1) is 9.91. The molecule has 2 aliphatic rings. The van der Waals surface area contributed by atoms with Crippen LogP contribution in [-0.2, 0) is 23.9 Å². The van der Waals surface area contributed by atoms with Crippen molar-refractivity contribution >= 4 is 17.9 Å². The molecule has 0 aromatic carbocycles. The third-order valence-electron chi connectivity index (χ3n) is 4.52. The first kappa shape index (κ1) is 15.8. The van der Waals surface area contributed by atoms with Crippen LogP contribution in [0.25, 0.3) is 0 Å². The minimum absolute atomic E-state index is 0.0152. The van der Waals surface area contributed by atoms with Gasteiger partial charge in [0.25, 0.3) is 0 Å². The number of carbonyl (C=O) groups excluding carboxylic acids is 2. The van der Waals surface area contributed by atoms with Gasteiger partial charge in [-0.1, -0.05) is 13.8 Å². The van der Waals surface area contributed by atoms with Crippen LogP contribution in [0.1, 0.15) is 33.1 Å². The van der Waals surface area contributed by atoms with E-state index in [1.54, 1.807) is 13.8 Å². The van der Waals surface area contributed by atoms with E-state index in [9.17, 15) is 19.5 Å². The zero-order chi connectivity index (χ0) is 15.6. The number of carboxylic acid groups (broad SMARTS) is 1. The second-order valence-corrected chi connectivity index (χ2v) is 6.21. The lowest BCUT2D eigenvalue weighted by atomic mass is 9.79. The number of carboxylic acids is 1. The van der Waals surface area contributed by atoms with E-state index in [1.807, 2.05) is 0 Å². The van der Waals surface area contributed by atoms with E-state index in [0.29, 0.717) is 0 Å². The van der Waals surface area contributed by atoms with Crippen LogP contribution in [0.15, 0.2) is 0 Å². The molecule has 4 atom stereocenters. The van der Waals surface area contributed by atoms with Crippen LogP contribution in [0.3, 0.4) is 0 Å². The first-order valence-electron chi connectivity index (χ1n) is 7.48. The molecule has 0 amide bonds. The van der Waals surface area contributed by atoms with Crippen molar-refractivity contribution in [2.24, 2.45) is 29.6 Å². The Balaban J connectivity index is 1.80. The highest BCUT2D eigenvalue weighted by molar-refractivity contribution is 5.82. The SMILES string of the molecule is CC(C)C(=O)OCCOC(=O)C1C2CCC(C2)C1C(=O)O. The maximum atomic E-state index is 12.1. The molecular formula is C15H22O6. The second-order valence-electron chi connectivity index (χ2n) is 6.21. The Morgan fingerprint density at radius 1 is 1.05 bits per heavy atom. The Labute approximate surface area is 123 Å². The van der Waals surface area contributed by atoms with Crippen LogP contribution in [0.5, 0.6) is 0 Å². The van der Waals surface area contributed by atoms with E-state index in [-0.39, 0.29) is 36.9 Å². The molecule has 0 aromatic heterocycles. The molecule has 0 saturated heterocycles. The zero-order valence-corrected chi connectivity index (χ0v) is 12.4. The number of fused-ring (bicyclic) bond motifs is 2. The molecule has 21 heavy (non-hydrogen) atoms. The summed E-state index contributed by atoms with van der Waals surface area (Å²) in [7, 11) is 0. The molecule has 0 radical (unpaired) electrons. The number of aliphatic carboxylic acids is 1. The predicted molar refractivity (Wildman–Crippen MR) is 72.2 cm³/mol. The summed E-state index contributed by atoms with van der Waals surface area (Å²) >= 11 is 0. The topological polar surface area (TPSA) is 89.9 Å². The van der Waals surface area contributed by atoms with Gasteiger partial charge in [-0.3, -0.25) is 14.4 Å². The van der Waals surface area contributed by atoms with Crippen molar-refractivity contribution in [3.05, 3.63) is 0 Å². The molecule has 118 valence electrons. The maximum absolute atomic E-state index is 12.1. The molecule has 2 aliphatic carbocycles. The monoisotopic (exact) mass is 298 g/mol. The number of ether oxygens (including phenoxy) is 2. The van der Waals surface area contributed by atoms with Crippen molar-refractivity contribution in [2.75, 3.05) is 13.2 Å². The van der Waals surface area contributed by atoms with Crippen LogP contribution in [0.4, 0.5) is 0 Å². The van der Waals surface area contributed by atoms with E-state index in [2.05, 4.69) is 0 Å². The van der Waals surface area contributed by atoms with E-state index in [0.717, 1.165) is 19.3 Å². The molecular weight excluding hydrogens is 276 g/mol. The third kappa shape index (κ3) is 3.36. The summed E-state index contributed by atoms with van der Waals surface area (Å²) in [6.45, 7) is 3.45. The number of esters is 2. The van der Waals surface area contributed by atoms with Crippen molar-refractivity contribution in [3.63, 3.8) is 0 Å². The number of rotatable bonds is 6. The smallest absolute Gasteiger partial charge is 0.310 e. The van der Waals surface area contributed by atoms with Crippen LogP contribution in [0, 0.1) is 29.6 Å². The molecule has 2 rings (SSSR count). The molecule has 6 nitrogen and oxygen atoms in total. The average molecular weight is 298 g/mol. The fraction of sp³-hybridized carbons (Fsp3) is 0.800. The molecule has 0 heterocycles. The maximum Gasteiger partial charge on any atom is 0.310 e. The lowest BCUT2D eigenvalue weighted by Crippen LogP contribution is -2.36. The Bertz CT molecular complexity index is 430. The average Bonchev–Trinajstić information content (AvgIpc) is 3.03. The van der Waals surface area contributed by atoms with Crippen LogP contribution in [0.2, 0.25) is 0 Å². The normalized spacial score (nSPS) is 30.4. The Morgan fingerprint density at radius 2 is 1.62 bits per heavy atom. The van der Waals surface area contributed by atoms with Crippen LogP contribution in [-0.4, -0.2) is 36.2 Å². The van der Waals surface area contributed by atoms with Gasteiger partial charge < -0.3 is 14.6 Å². The van der Waals surface area contributed by atoms with Gasteiger partial charge in [0.15, 0.2) is 0 Å². The minimum Gasteiger partial charge on any atom is -0.481 e. The van der Waals surface area contributed by atoms with Gasteiger partial charge in [-0.25, -0.2) is 0 Å². The summed E-state index contributed by atoms with van der Waals surface area (Å²) in [5.74, 6) is -2.86. The minimum atomic E-state index is -0.907.